The number of nitrogens with zero attached hydrogens (tertiary/aromatic N) is 1. The first-order valence-corrected chi connectivity index (χ1v) is 9.49. The summed E-state index contributed by atoms with van der Waals surface area (Å²) in [6.45, 7) is 1.08. The Morgan fingerprint density at radius 3 is 3.08 bits per heavy atom. The van der Waals surface area contributed by atoms with Gasteiger partial charge in [-0.05, 0) is 47.7 Å². The van der Waals surface area contributed by atoms with E-state index in [2.05, 4.69) is 0 Å². The van der Waals surface area contributed by atoms with E-state index < -0.39 is 5.97 Å². The average molecular weight is 390 g/mol. The van der Waals surface area contributed by atoms with Gasteiger partial charge in [0.2, 0.25) is 0 Å². The van der Waals surface area contributed by atoms with Crippen LogP contribution in [0.4, 0.5) is 0 Å². The van der Waals surface area contributed by atoms with Gasteiger partial charge in [-0.1, -0.05) is 11.6 Å². The second-order valence-corrected chi connectivity index (χ2v) is 7.59. The maximum absolute atomic E-state index is 12.3. The van der Waals surface area contributed by atoms with Crippen molar-refractivity contribution >= 4 is 40.9 Å². The van der Waals surface area contributed by atoms with Crippen LogP contribution >= 0.6 is 22.9 Å². The van der Waals surface area contributed by atoms with Crippen molar-refractivity contribution in [3.8, 4) is 5.75 Å². The number of halogens is 1. The summed E-state index contributed by atoms with van der Waals surface area (Å²) in [6.07, 6.45) is 2.54. The molecule has 134 valence electrons. The second-order valence-electron chi connectivity index (χ2n) is 6.15. The van der Waals surface area contributed by atoms with Crippen LogP contribution in [0.5, 0.6) is 5.75 Å². The van der Waals surface area contributed by atoms with Gasteiger partial charge >= 0.3 is 5.97 Å². The lowest BCUT2D eigenvalue weighted by atomic mass is 10.1. The molecule has 1 aromatic heterocycles. The highest BCUT2D eigenvalue weighted by atomic mass is 35.5. The quantitative estimate of drug-likeness (QED) is 0.756. The van der Waals surface area contributed by atoms with E-state index in [9.17, 15) is 9.59 Å². The minimum atomic E-state index is -0.544. The molecule has 1 aromatic carbocycles. The van der Waals surface area contributed by atoms with Crippen LogP contribution in [0.3, 0.4) is 0 Å². The van der Waals surface area contributed by atoms with Crippen molar-refractivity contribution in [3.05, 3.63) is 56.2 Å². The molecule has 4 rings (SSSR count). The highest BCUT2D eigenvalue weighted by molar-refractivity contribution is 7.10. The molecule has 5 nitrogen and oxygen atoms in total. The fraction of sp³-hybridized carbons (Fsp3) is 0.263. The third-order valence-corrected chi connectivity index (χ3v) is 5.69. The molecule has 0 fully saturated rings. The predicted molar refractivity (Wildman–Crippen MR) is 99.3 cm³/mol. The second kappa shape index (κ2) is 7.13. The van der Waals surface area contributed by atoms with Gasteiger partial charge in [-0.2, -0.15) is 0 Å². The summed E-state index contributed by atoms with van der Waals surface area (Å²) in [7, 11) is 0. The normalized spacial score (nSPS) is 15.4. The number of benzene rings is 1. The lowest BCUT2D eigenvalue weighted by Gasteiger charge is -2.27. The molecule has 7 heteroatoms. The Kier molecular flexibility index (Phi) is 4.70. The molecule has 2 aliphatic heterocycles. The molecule has 0 bridgehead atoms. The van der Waals surface area contributed by atoms with Crippen LogP contribution in [0, 0.1) is 0 Å². The Labute approximate surface area is 159 Å². The molecular weight excluding hydrogens is 374 g/mol. The molecule has 2 aliphatic rings. The molecule has 0 saturated carbocycles. The Hall–Kier alpha value is -2.31. The monoisotopic (exact) mass is 389 g/mol. The molecule has 0 aliphatic carbocycles. The van der Waals surface area contributed by atoms with Crippen molar-refractivity contribution in [2.24, 2.45) is 0 Å². The number of carbonyl (C=O) groups excluding carboxylic acids is 2. The van der Waals surface area contributed by atoms with Gasteiger partial charge in [-0.15, -0.1) is 11.3 Å². The minimum Gasteiger partial charge on any atom is -0.488 e. The van der Waals surface area contributed by atoms with Crippen LogP contribution < -0.4 is 4.74 Å². The maximum atomic E-state index is 12.3. The number of esters is 1. The van der Waals surface area contributed by atoms with E-state index in [1.165, 1.54) is 10.4 Å². The van der Waals surface area contributed by atoms with Crippen molar-refractivity contribution in [1.82, 2.24) is 4.90 Å². The number of ether oxygens (including phenoxy) is 2. The number of thiophene rings is 1. The van der Waals surface area contributed by atoms with E-state index in [1.54, 1.807) is 40.5 Å². The third kappa shape index (κ3) is 3.48. The lowest BCUT2D eigenvalue weighted by Crippen LogP contribution is -2.38. The first-order valence-electron chi connectivity index (χ1n) is 8.23. The van der Waals surface area contributed by atoms with E-state index in [0.29, 0.717) is 29.4 Å². The van der Waals surface area contributed by atoms with Crippen molar-refractivity contribution in [2.75, 3.05) is 19.8 Å². The van der Waals surface area contributed by atoms with Crippen LogP contribution in [-0.2, 0) is 27.3 Å². The van der Waals surface area contributed by atoms with Crippen LogP contribution in [-0.4, -0.2) is 36.5 Å². The first-order chi connectivity index (χ1) is 12.6. The zero-order valence-electron chi connectivity index (χ0n) is 13.9. The van der Waals surface area contributed by atoms with Gasteiger partial charge in [0.05, 0.1) is 5.57 Å². The van der Waals surface area contributed by atoms with Crippen LogP contribution in [0.25, 0.3) is 6.08 Å². The molecule has 0 spiro atoms. The van der Waals surface area contributed by atoms with Gasteiger partial charge in [-0.3, -0.25) is 4.79 Å². The van der Waals surface area contributed by atoms with Gasteiger partial charge in [0.25, 0.3) is 5.91 Å². The van der Waals surface area contributed by atoms with E-state index >= 15 is 0 Å². The van der Waals surface area contributed by atoms with Crippen LogP contribution in [0.2, 0.25) is 5.02 Å². The van der Waals surface area contributed by atoms with E-state index in [1.807, 2.05) is 11.4 Å². The summed E-state index contributed by atoms with van der Waals surface area (Å²) in [5.74, 6) is -0.0601. The molecule has 2 aromatic rings. The van der Waals surface area contributed by atoms with Gasteiger partial charge in [0.1, 0.15) is 12.4 Å². The zero-order valence-corrected chi connectivity index (χ0v) is 15.4. The molecule has 1 amide bonds. The number of fused-ring (bicyclic) bond motifs is 2. The molecule has 0 radical (unpaired) electrons. The summed E-state index contributed by atoms with van der Waals surface area (Å²) in [5.41, 5.74) is 2.27. The molecule has 0 atom stereocenters. The van der Waals surface area contributed by atoms with Crippen LogP contribution in [0.15, 0.2) is 35.2 Å². The Morgan fingerprint density at radius 2 is 2.19 bits per heavy atom. The smallest absolute Gasteiger partial charge is 0.338 e. The first kappa shape index (κ1) is 17.1. The van der Waals surface area contributed by atoms with Crippen molar-refractivity contribution in [2.45, 2.75) is 13.0 Å². The summed E-state index contributed by atoms with van der Waals surface area (Å²) in [5, 5.41) is 2.60. The molecule has 3 heterocycles. The van der Waals surface area contributed by atoms with Gasteiger partial charge in [-0.25, -0.2) is 4.79 Å². The van der Waals surface area contributed by atoms with Crippen molar-refractivity contribution in [3.63, 3.8) is 0 Å². The number of hydrogen-bond acceptors (Lipinski definition) is 5. The molecule has 0 N–H and O–H groups in total. The topological polar surface area (TPSA) is 55.8 Å². The van der Waals surface area contributed by atoms with Gasteiger partial charge in [0.15, 0.2) is 6.61 Å². The Balaban J connectivity index is 1.36. The van der Waals surface area contributed by atoms with Crippen LogP contribution in [0.1, 0.15) is 16.0 Å². The van der Waals surface area contributed by atoms with E-state index in [-0.39, 0.29) is 19.1 Å². The number of amides is 1. The summed E-state index contributed by atoms with van der Waals surface area (Å²) in [4.78, 5) is 27.7. The summed E-state index contributed by atoms with van der Waals surface area (Å²) >= 11 is 7.69. The summed E-state index contributed by atoms with van der Waals surface area (Å²) < 4.78 is 10.7. The zero-order chi connectivity index (χ0) is 18.1. The number of carbonyl (C=O) groups is 2. The third-order valence-electron chi connectivity index (χ3n) is 4.43. The SMILES string of the molecule is O=C(OCC(=O)N1CCc2sccc2C1)C1=Cc2cc(Cl)ccc2OC1. The molecule has 0 unspecified atom stereocenters. The van der Waals surface area contributed by atoms with Crippen molar-refractivity contribution in [1.29, 1.82) is 0 Å². The number of rotatable bonds is 3. The molecular formula is C19H16ClNO4S. The van der Waals surface area contributed by atoms with E-state index in [0.717, 1.165) is 12.0 Å². The lowest BCUT2D eigenvalue weighted by molar-refractivity contribution is -0.149. The standard InChI is InChI=1S/C19H16ClNO4S/c20-15-1-2-16-13(8-15)7-14(10-24-16)19(23)25-11-18(22)21-5-3-17-12(9-21)4-6-26-17/h1-2,4,6-8H,3,5,9-11H2. The maximum Gasteiger partial charge on any atom is 0.338 e. The van der Waals surface area contributed by atoms with Gasteiger partial charge in [0, 0.05) is 28.6 Å². The van der Waals surface area contributed by atoms with Crippen molar-refractivity contribution < 1.29 is 19.1 Å². The fourth-order valence-electron chi connectivity index (χ4n) is 3.04. The summed E-state index contributed by atoms with van der Waals surface area (Å²) in [6, 6.07) is 7.25. The number of hydrogen-bond donors (Lipinski definition) is 0. The fourth-order valence-corrected chi connectivity index (χ4v) is 4.11. The highest BCUT2D eigenvalue weighted by Gasteiger charge is 2.24. The Morgan fingerprint density at radius 1 is 1.31 bits per heavy atom. The predicted octanol–water partition coefficient (Wildman–Crippen LogP) is 3.31. The molecule has 26 heavy (non-hydrogen) atoms. The minimum absolute atomic E-state index is 0.115. The highest BCUT2D eigenvalue weighted by Crippen LogP contribution is 2.29. The Bertz CT molecular complexity index is 905. The van der Waals surface area contributed by atoms with E-state index in [4.69, 9.17) is 21.1 Å². The largest absolute Gasteiger partial charge is 0.488 e. The molecule has 0 saturated heterocycles. The average Bonchev–Trinajstić information content (AvgIpc) is 3.13. The van der Waals surface area contributed by atoms with Gasteiger partial charge < -0.3 is 14.4 Å².